The Hall–Kier alpha value is -2.95. The summed E-state index contributed by atoms with van der Waals surface area (Å²) >= 11 is 1.07. The van der Waals surface area contributed by atoms with Gasteiger partial charge in [-0.15, -0.1) is 0 Å². The highest BCUT2D eigenvalue weighted by Gasteiger charge is 2.21. The van der Waals surface area contributed by atoms with Crippen LogP contribution in [0, 0.1) is 13.8 Å². The average molecular weight is 393 g/mol. The van der Waals surface area contributed by atoms with Gasteiger partial charge in [0.15, 0.2) is 11.8 Å². The van der Waals surface area contributed by atoms with E-state index in [2.05, 4.69) is 9.97 Å². The molecule has 144 valence electrons. The van der Waals surface area contributed by atoms with Gasteiger partial charge in [-0.1, -0.05) is 11.8 Å². The number of nitrogens with zero attached hydrogens (tertiary/aromatic N) is 4. The molecule has 0 aliphatic carbocycles. The number of ketones is 1. The van der Waals surface area contributed by atoms with E-state index in [1.165, 1.54) is 14.1 Å². The van der Waals surface area contributed by atoms with Gasteiger partial charge in [0, 0.05) is 25.5 Å². The normalized spacial score (nSPS) is 10.7. The molecule has 0 saturated carbocycles. The number of nitrogen functional groups attached to an aromatic ring is 1. The standard InChI is InChI=1S/C16H19N5O5S/c1-8-5-9(2)19-15(18-8)27-7-11(23)26-6-10(22)12-13(17)20(3)16(25)21(4)14(12)24/h5H,6-7,17H2,1-4H3. The Balaban J connectivity index is 2.02. The van der Waals surface area contributed by atoms with E-state index in [0.717, 1.165) is 32.3 Å². The summed E-state index contributed by atoms with van der Waals surface area (Å²) in [5.41, 5.74) is 5.35. The average Bonchev–Trinajstić information content (AvgIpc) is 2.60. The van der Waals surface area contributed by atoms with Crippen molar-refractivity contribution in [2.75, 3.05) is 18.1 Å². The molecule has 0 aliphatic rings. The first-order valence-corrected chi connectivity index (χ1v) is 8.79. The van der Waals surface area contributed by atoms with Gasteiger partial charge in [-0.25, -0.2) is 14.8 Å². The number of hydrogen-bond acceptors (Lipinski definition) is 9. The van der Waals surface area contributed by atoms with Crippen molar-refractivity contribution in [3.05, 3.63) is 43.9 Å². The smallest absolute Gasteiger partial charge is 0.332 e. The number of esters is 1. The Bertz CT molecular complexity index is 1010. The quantitative estimate of drug-likeness (QED) is 0.300. The fourth-order valence-corrected chi connectivity index (χ4v) is 3.01. The maximum Gasteiger partial charge on any atom is 0.332 e. The minimum absolute atomic E-state index is 0.100. The monoisotopic (exact) mass is 393 g/mol. The number of carbonyl (C=O) groups is 2. The second-order valence-electron chi connectivity index (χ2n) is 5.77. The summed E-state index contributed by atoms with van der Waals surface area (Å²) in [7, 11) is 2.56. The molecule has 11 heteroatoms. The molecule has 0 bridgehead atoms. The van der Waals surface area contributed by atoms with Gasteiger partial charge in [0.2, 0.25) is 5.78 Å². The molecule has 10 nitrogen and oxygen atoms in total. The van der Waals surface area contributed by atoms with Crippen LogP contribution in [0.4, 0.5) is 5.82 Å². The Kier molecular flexibility index (Phi) is 6.16. The number of nitrogens with two attached hydrogens (primary N) is 1. The van der Waals surface area contributed by atoms with Crippen molar-refractivity contribution in [3.63, 3.8) is 0 Å². The molecule has 2 rings (SSSR count). The van der Waals surface area contributed by atoms with Crippen LogP contribution in [0.3, 0.4) is 0 Å². The number of hydrogen-bond donors (Lipinski definition) is 1. The summed E-state index contributed by atoms with van der Waals surface area (Å²) in [6, 6.07) is 1.80. The van der Waals surface area contributed by atoms with Crippen molar-refractivity contribution < 1.29 is 14.3 Å². The molecule has 0 unspecified atom stereocenters. The summed E-state index contributed by atoms with van der Waals surface area (Å²) in [6.45, 7) is 2.96. The first-order valence-electron chi connectivity index (χ1n) is 7.81. The van der Waals surface area contributed by atoms with Gasteiger partial charge in [-0.3, -0.25) is 23.5 Å². The molecule has 0 radical (unpaired) electrons. The van der Waals surface area contributed by atoms with Crippen molar-refractivity contribution in [3.8, 4) is 0 Å². The number of aryl methyl sites for hydroxylation is 2. The number of anilines is 1. The van der Waals surface area contributed by atoms with Gasteiger partial charge >= 0.3 is 11.7 Å². The Morgan fingerprint density at radius 1 is 1.15 bits per heavy atom. The summed E-state index contributed by atoms with van der Waals surface area (Å²) in [6.07, 6.45) is 0. The van der Waals surface area contributed by atoms with Crippen LogP contribution in [0.25, 0.3) is 0 Å². The van der Waals surface area contributed by atoms with E-state index in [1.807, 2.05) is 13.8 Å². The van der Waals surface area contributed by atoms with Crippen LogP contribution in [0.2, 0.25) is 0 Å². The zero-order chi connectivity index (χ0) is 20.3. The molecule has 0 spiro atoms. The van der Waals surface area contributed by atoms with E-state index in [9.17, 15) is 19.2 Å². The number of aromatic nitrogens is 4. The summed E-state index contributed by atoms with van der Waals surface area (Å²) in [5.74, 6) is -1.83. The molecular formula is C16H19N5O5S. The van der Waals surface area contributed by atoms with Gasteiger partial charge in [0.1, 0.15) is 11.4 Å². The highest BCUT2D eigenvalue weighted by atomic mass is 32.2. The van der Waals surface area contributed by atoms with E-state index < -0.39 is 35.2 Å². The Morgan fingerprint density at radius 2 is 1.74 bits per heavy atom. The molecule has 0 atom stereocenters. The zero-order valence-electron chi connectivity index (χ0n) is 15.3. The molecule has 2 aromatic rings. The molecule has 0 saturated heterocycles. The van der Waals surface area contributed by atoms with Crippen molar-refractivity contribution in [1.82, 2.24) is 19.1 Å². The fourth-order valence-electron chi connectivity index (χ4n) is 2.26. The lowest BCUT2D eigenvalue weighted by Gasteiger charge is -2.11. The third-order valence-corrected chi connectivity index (χ3v) is 4.45. The highest BCUT2D eigenvalue weighted by Crippen LogP contribution is 2.14. The maximum absolute atomic E-state index is 12.3. The molecule has 0 aromatic carbocycles. The SMILES string of the molecule is Cc1cc(C)nc(SCC(=O)OCC(=O)c2c(N)n(C)c(=O)n(C)c2=O)n1. The van der Waals surface area contributed by atoms with Crippen LogP contribution in [-0.4, -0.2) is 43.2 Å². The number of rotatable bonds is 6. The lowest BCUT2D eigenvalue weighted by atomic mass is 10.2. The predicted molar refractivity (Wildman–Crippen MR) is 98.9 cm³/mol. The van der Waals surface area contributed by atoms with E-state index >= 15 is 0 Å². The van der Waals surface area contributed by atoms with Crippen LogP contribution < -0.4 is 17.0 Å². The molecule has 0 fully saturated rings. The van der Waals surface area contributed by atoms with Crippen molar-refractivity contribution in [1.29, 1.82) is 0 Å². The number of Topliss-reactive ketones (excluding diaryl/α,β-unsaturated/α-hetero) is 1. The molecular weight excluding hydrogens is 374 g/mol. The van der Waals surface area contributed by atoms with Gasteiger partial charge in [0.25, 0.3) is 5.56 Å². The van der Waals surface area contributed by atoms with Crippen LogP contribution in [0.5, 0.6) is 0 Å². The minimum atomic E-state index is -0.838. The molecule has 0 aliphatic heterocycles. The van der Waals surface area contributed by atoms with E-state index in [0.29, 0.717) is 5.16 Å². The largest absolute Gasteiger partial charge is 0.457 e. The second-order valence-corrected chi connectivity index (χ2v) is 6.71. The van der Waals surface area contributed by atoms with Gasteiger partial charge < -0.3 is 10.5 Å². The fraction of sp³-hybridized carbons (Fsp3) is 0.375. The van der Waals surface area contributed by atoms with E-state index in [-0.39, 0.29) is 11.6 Å². The summed E-state index contributed by atoms with van der Waals surface area (Å²) in [4.78, 5) is 56.3. The lowest BCUT2D eigenvalue weighted by molar-refractivity contribution is -0.139. The molecule has 2 heterocycles. The van der Waals surface area contributed by atoms with Crippen LogP contribution in [0.1, 0.15) is 21.7 Å². The predicted octanol–water partition coefficient (Wildman–Crippen LogP) is -0.409. The van der Waals surface area contributed by atoms with Gasteiger partial charge in [-0.2, -0.15) is 0 Å². The molecule has 0 amide bonds. The molecule has 2 aromatic heterocycles. The van der Waals surface area contributed by atoms with Crippen LogP contribution in [-0.2, 0) is 23.6 Å². The molecule has 27 heavy (non-hydrogen) atoms. The highest BCUT2D eigenvalue weighted by molar-refractivity contribution is 7.99. The van der Waals surface area contributed by atoms with E-state index in [4.69, 9.17) is 10.5 Å². The van der Waals surface area contributed by atoms with Crippen molar-refractivity contribution in [2.45, 2.75) is 19.0 Å². The molecule has 2 N–H and O–H groups in total. The van der Waals surface area contributed by atoms with Crippen molar-refractivity contribution in [2.24, 2.45) is 14.1 Å². The van der Waals surface area contributed by atoms with Gasteiger partial charge in [0.05, 0.1) is 5.75 Å². The summed E-state index contributed by atoms with van der Waals surface area (Å²) in [5, 5.41) is 0.423. The number of ether oxygens (including phenoxy) is 1. The van der Waals surface area contributed by atoms with Crippen LogP contribution in [0.15, 0.2) is 20.8 Å². The number of carbonyl (C=O) groups excluding carboxylic acids is 2. The lowest BCUT2D eigenvalue weighted by Crippen LogP contribution is -2.42. The Labute approximate surface area is 158 Å². The first kappa shape index (κ1) is 20.4. The number of thioether (sulfide) groups is 1. The van der Waals surface area contributed by atoms with Crippen molar-refractivity contribution >= 4 is 29.3 Å². The topological polar surface area (TPSA) is 139 Å². The van der Waals surface area contributed by atoms with Crippen LogP contribution >= 0.6 is 11.8 Å². The van der Waals surface area contributed by atoms with E-state index in [1.54, 1.807) is 6.07 Å². The second kappa shape index (κ2) is 8.16. The zero-order valence-corrected chi connectivity index (χ0v) is 16.1. The Morgan fingerprint density at radius 3 is 2.33 bits per heavy atom. The minimum Gasteiger partial charge on any atom is -0.457 e. The summed E-state index contributed by atoms with van der Waals surface area (Å²) < 4.78 is 6.64. The maximum atomic E-state index is 12.3. The third-order valence-electron chi connectivity index (χ3n) is 3.63. The van der Waals surface area contributed by atoms with Gasteiger partial charge in [-0.05, 0) is 19.9 Å². The first-order chi connectivity index (χ1) is 12.6. The third kappa shape index (κ3) is 4.61.